The lowest BCUT2D eigenvalue weighted by Gasteiger charge is -2.18. The smallest absolute Gasteiger partial charge is 0.157 e. The Labute approximate surface area is 150 Å². The minimum Gasteiger partial charge on any atom is -0.369 e. The molecule has 0 aliphatic rings. The number of para-hydroxylation sites is 2. The molecule has 5 nitrogen and oxygen atoms in total. The van der Waals surface area contributed by atoms with Crippen LogP contribution in [-0.2, 0) is 17.2 Å². The number of aryl methyl sites for hydroxylation is 1. The van der Waals surface area contributed by atoms with Crippen molar-refractivity contribution in [2.45, 2.75) is 32.7 Å². The predicted molar refractivity (Wildman–Crippen MR) is 103 cm³/mol. The van der Waals surface area contributed by atoms with Crippen LogP contribution in [0.2, 0.25) is 0 Å². The number of fused-ring (bicyclic) bond motifs is 3. The van der Waals surface area contributed by atoms with Crippen LogP contribution in [0.25, 0.3) is 16.7 Å². The zero-order valence-electron chi connectivity index (χ0n) is 14.7. The fourth-order valence-electron chi connectivity index (χ4n) is 3.06. The van der Waals surface area contributed by atoms with Gasteiger partial charge in [0.25, 0.3) is 0 Å². The molecular weight excluding hydrogens is 332 g/mol. The molecule has 0 radical (unpaired) electrons. The van der Waals surface area contributed by atoms with E-state index in [1.165, 1.54) is 0 Å². The van der Waals surface area contributed by atoms with Gasteiger partial charge in [0.1, 0.15) is 11.9 Å². The minimum absolute atomic E-state index is 0.172. The average Bonchev–Trinajstić information content (AvgIpc) is 2.99. The van der Waals surface area contributed by atoms with Gasteiger partial charge in [0.15, 0.2) is 5.65 Å². The third-order valence-electron chi connectivity index (χ3n) is 4.38. The van der Waals surface area contributed by atoms with Crippen LogP contribution < -0.4 is 5.32 Å². The van der Waals surface area contributed by atoms with E-state index in [4.69, 9.17) is 0 Å². The molecule has 0 saturated carbocycles. The highest BCUT2D eigenvalue weighted by Crippen LogP contribution is 2.27. The molecule has 0 spiro atoms. The number of rotatable bonds is 6. The molecule has 0 saturated heterocycles. The number of imidazole rings is 1. The first-order chi connectivity index (χ1) is 12.0. The molecule has 0 amide bonds. The number of nitrogens with one attached hydrogen (secondary N) is 1. The van der Waals surface area contributed by atoms with Crippen LogP contribution in [0.5, 0.6) is 0 Å². The first kappa shape index (κ1) is 17.4. The fraction of sp³-hybridized carbons (Fsp3) is 0.368. The number of pyridine rings is 1. The molecule has 130 valence electrons. The second-order valence-corrected chi connectivity index (χ2v) is 7.82. The topological polar surface area (TPSA) is 70.2 Å². The number of hydrogen-bond donors (Lipinski definition) is 1. The van der Waals surface area contributed by atoms with Crippen LogP contribution in [0.4, 0.5) is 5.82 Å². The number of hydrogen-bond acceptors (Lipinski definition) is 4. The predicted octanol–water partition coefficient (Wildman–Crippen LogP) is 3.49. The van der Waals surface area contributed by atoms with Gasteiger partial charge >= 0.3 is 0 Å². The zero-order chi connectivity index (χ0) is 18.0. The van der Waals surface area contributed by atoms with E-state index in [9.17, 15) is 9.47 Å². The minimum atomic E-state index is -0.799. The summed E-state index contributed by atoms with van der Waals surface area (Å²) in [5.74, 6) is 1.59. The molecule has 1 aromatic carbocycles. The lowest BCUT2D eigenvalue weighted by Crippen LogP contribution is -2.20. The molecule has 3 aromatic rings. The summed E-state index contributed by atoms with van der Waals surface area (Å²) in [6.07, 6.45) is 3.31. The highest BCUT2D eigenvalue weighted by molar-refractivity contribution is 7.84. The molecule has 0 bridgehead atoms. The van der Waals surface area contributed by atoms with Crippen LogP contribution >= 0.6 is 0 Å². The Morgan fingerprint density at radius 1 is 1.40 bits per heavy atom. The van der Waals surface area contributed by atoms with Crippen molar-refractivity contribution >= 4 is 33.3 Å². The molecule has 1 N–H and O–H groups in total. The van der Waals surface area contributed by atoms with E-state index in [1.54, 1.807) is 6.26 Å². The maximum Gasteiger partial charge on any atom is 0.157 e. The van der Waals surface area contributed by atoms with Crippen LogP contribution in [0, 0.1) is 11.3 Å². The molecule has 2 heterocycles. The van der Waals surface area contributed by atoms with Crippen molar-refractivity contribution in [1.82, 2.24) is 9.38 Å². The number of nitrogens with zero attached hydrogens (tertiary/aromatic N) is 3. The van der Waals surface area contributed by atoms with Crippen molar-refractivity contribution < 1.29 is 4.21 Å². The van der Waals surface area contributed by atoms with E-state index >= 15 is 0 Å². The van der Waals surface area contributed by atoms with Gasteiger partial charge in [0, 0.05) is 28.9 Å². The summed E-state index contributed by atoms with van der Waals surface area (Å²) < 4.78 is 13.4. The Morgan fingerprint density at radius 2 is 2.16 bits per heavy atom. The van der Waals surface area contributed by atoms with Gasteiger partial charge in [-0.15, -0.1) is 0 Å². The van der Waals surface area contributed by atoms with E-state index in [2.05, 4.69) is 23.3 Å². The molecule has 3 rings (SSSR count). The van der Waals surface area contributed by atoms with Crippen molar-refractivity contribution in [3.63, 3.8) is 0 Å². The lowest BCUT2D eigenvalue weighted by molar-refractivity contribution is 0.678. The van der Waals surface area contributed by atoms with E-state index in [0.717, 1.165) is 35.3 Å². The van der Waals surface area contributed by atoms with Crippen LogP contribution in [-0.4, -0.2) is 31.6 Å². The molecule has 25 heavy (non-hydrogen) atoms. The zero-order valence-corrected chi connectivity index (χ0v) is 15.6. The van der Waals surface area contributed by atoms with E-state index in [-0.39, 0.29) is 6.04 Å². The second-order valence-electron chi connectivity index (χ2n) is 6.27. The first-order valence-corrected chi connectivity index (χ1v) is 10.2. The van der Waals surface area contributed by atoms with E-state index in [0.29, 0.717) is 17.0 Å². The Balaban J connectivity index is 2.16. The molecule has 0 fully saturated rings. The van der Waals surface area contributed by atoms with Crippen LogP contribution in [0.1, 0.15) is 31.4 Å². The Hall–Kier alpha value is -2.39. The Morgan fingerprint density at radius 3 is 2.84 bits per heavy atom. The van der Waals surface area contributed by atoms with E-state index < -0.39 is 10.8 Å². The summed E-state index contributed by atoms with van der Waals surface area (Å²) in [6, 6.07) is 12.4. The largest absolute Gasteiger partial charge is 0.369 e. The number of nitriles is 1. The molecule has 2 atom stereocenters. The van der Waals surface area contributed by atoms with Gasteiger partial charge in [-0.1, -0.05) is 19.1 Å². The molecule has 0 aliphatic carbocycles. The van der Waals surface area contributed by atoms with Gasteiger partial charge in [-0.2, -0.15) is 5.26 Å². The Kier molecular flexibility index (Phi) is 5.05. The summed E-state index contributed by atoms with van der Waals surface area (Å²) in [4.78, 5) is 4.69. The van der Waals surface area contributed by atoms with Gasteiger partial charge in [-0.3, -0.25) is 8.61 Å². The molecule has 0 aliphatic heterocycles. The monoisotopic (exact) mass is 354 g/mol. The number of aromatic nitrogens is 2. The van der Waals surface area contributed by atoms with Gasteiger partial charge in [0.2, 0.25) is 0 Å². The normalized spacial score (nSPS) is 13.7. The molecule has 0 unspecified atom stereocenters. The van der Waals surface area contributed by atoms with Gasteiger partial charge in [0.05, 0.1) is 16.6 Å². The summed E-state index contributed by atoms with van der Waals surface area (Å²) >= 11 is 0. The van der Waals surface area contributed by atoms with Crippen molar-refractivity contribution in [2.75, 3.05) is 17.3 Å². The van der Waals surface area contributed by atoms with Crippen molar-refractivity contribution in [3.05, 3.63) is 41.5 Å². The molecule has 6 heteroatoms. The Bertz CT molecular complexity index is 986. The maximum absolute atomic E-state index is 11.4. The third kappa shape index (κ3) is 3.38. The van der Waals surface area contributed by atoms with Crippen molar-refractivity contribution in [3.8, 4) is 6.07 Å². The maximum atomic E-state index is 11.4. The number of anilines is 1. The van der Waals surface area contributed by atoms with Crippen LogP contribution in [0.3, 0.4) is 0 Å². The number of benzene rings is 1. The summed E-state index contributed by atoms with van der Waals surface area (Å²) in [6.45, 7) is 4.13. The third-order valence-corrected chi connectivity index (χ3v) is 5.19. The summed E-state index contributed by atoms with van der Waals surface area (Å²) in [5, 5.41) is 13.2. The average molecular weight is 354 g/mol. The molecular formula is C19H22N4OS. The quantitative estimate of drug-likeness (QED) is 0.735. The molecule has 2 aromatic heterocycles. The summed E-state index contributed by atoms with van der Waals surface area (Å²) in [7, 11) is -0.799. The highest BCUT2D eigenvalue weighted by Gasteiger charge is 2.17. The van der Waals surface area contributed by atoms with Crippen molar-refractivity contribution in [2.24, 2.45) is 0 Å². The standard InChI is InChI=1S/C19H22N4OS/c1-4-14-11-18(21-13(2)9-10-25(3)24)23-17-8-6-5-7-16(17)22-19(23)15(14)12-20/h5-8,11,13,21H,4,9-10H2,1-3H3/t13-,25-/m0/s1. The SMILES string of the molecule is CCc1cc(N[C@@H](C)CC[S@](C)=O)n2c(nc3ccccc32)c1C#N. The second kappa shape index (κ2) is 7.24. The van der Waals surface area contributed by atoms with Crippen molar-refractivity contribution in [1.29, 1.82) is 5.26 Å². The van der Waals surface area contributed by atoms with Crippen LogP contribution in [0.15, 0.2) is 30.3 Å². The summed E-state index contributed by atoms with van der Waals surface area (Å²) in [5.41, 5.74) is 4.16. The fourth-order valence-corrected chi connectivity index (χ4v) is 3.74. The van der Waals surface area contributed by atoms with Gasteiger partial charge in [-0.25, -0.2) is 4.98 Å². The first-order valence-electron chi connectivity index (χ1n) is 8.44. The highest BCUT2D eigenvalue weighted by atomic mass is 32.2. The van der Waals surface area contributed by atoms with E-state index in [1.807, 2.05) is 41.7 Å². The lowest BCUT2D eigenvalue weighted by atomic mass is 10.1. The van der Waals surface area contributed by atoms with Gasteiger partial charge in [-0.05, 0) is 43.5 Å². The van der Waals surface area contributed by atoms with Gasteiger partial charge < -0.3 is 5.32 Å².